The van der Waals surface area contributed by atoms with Crippen molar-refractivity contribution in [3.63, 3.8) is 0 Å². The average Bonchev–Trinajstić information content (AvgIpc) is 2.43. The zero-order chi connectivity index (χ0) is 13.7. The molecule has 0 saturated heterocycles. The van der Waals surface area contributed by atoms with Crippen molar-refractivity contribution in [3.05, 3.63) is 65.7 Å². The highest BCUT2D eigenvalue weighted by molar-refractivity contribution is 6.07. The van der Waals surface area contributed by atoms with Crippen LogP contribution in [-0.2, 0) is 4.79 Å². The zero-order valence-corrected chi connectivity index (χ0v) is 10.4. The molecule has 0 saturated carbocycles. The second kappa shape index (κ2) is 5.77. The number of ketones is 1. The van der Waals surface area contributed by atoms with E-state index in [9.17, 15) is 9.59 Å². The van der Waals surface area contributed by atoms with Crippen molar-refractivity contribution in [2.45, 2.75) is 6.92 Å². The van der Waals surface area contributed by atoms with E-state index in [4.69, 9.17) is 0 Å². The third-order valence-corrected chi connectivity index (χ3v) is 2.52. The van der Waals surface area contributed by atoms with Crippen LogP contribution in [0.1, 0.15) is 17.3 Å². The molecule has 0 aliphatic heterocycles. The van der Waals surface area contributed by atoms with Crippen molar-refractivity contribution in [1.82, 2.24) is 15.8 Å². The van der Waals surface area contributed by atoms with E-state index in [0.717, 1.165) is 5.57 Å². The summed E-state index contributed by atoms with van der Waals surface area (Å²) in [6.45, 7) is 1.90. The maximum absolute atomic E-state index is 11.7. The van der Waals surface area contributed by atoms with Gasteiger partial charge >= 0.3 is 0 Å². The Hall–Kier alpha value is -2.69. The van der Waals surface area contributed by atoms with Crippen LogP contribution in [0.15, 0.2) is 60.1 Å². The first-order valence-electron chi connectivity index (χ1n) is 5.73. The molecule has 0 unspecified atom stereocenters. The van der Waals surface area contributed by atoms with Crippen molar-refractivity contribution >= 4 is 11.7 Å². The van der Waals surface area contributed by atoms with Gasteiger partial charge in [-0.05, 0) is 31.2 Å². The van der Waals surface area contributed by atoms with Crippen LogP contribution in [0.5, 0.6) is 0 Å². The van der Waals surface area contributed by atoms with Crippen molar-refractivity contribution in [3.8, 4) is 0 Å². The number of aromatic nitrogens is 1. The van der Waals surface area contributed by atoms with Crippen LogP contribution in [-0.4, -0.2) is 16.7 Å². The van der Waals surface area contributed by atoms with Gasteiger partial charge in [0, 0.05) is 29.7 Å². The summed E-state index contributed by atoms with van der Waals surface area (Å²) in [6, 6.07) is 3.20. The number of nitrogens with zero attached hydrogens (tertiary/aromatic N) is 1. The Labute approximate surface area is 110 Å². The van der Waals surface area contributed by atoms with Gasteiger partial charge in [0.25, 0.3) is 5.91 Å². The number of carbonyl (C=O) groups excluding carboxylic acids is 2. The number of hydrazine groups is 1. The standard InChI is InChI=1S/C14H13N3O2/c1-10-2-3-13(18)12(8-10)9-16-17-14(19)11-4-6-15-7-5-11/h2-9,16H,1H3,(H,17,19)/b12-9+. The first kappa shape index (κ1) is 12.8. The number of allylic oxidation sites excluding steroid dienone is 5. The molecule has 1 aromatic heterocycles. The summed E-state index contributed by atoms with van der Waals surface area (Å²) < 4.78 is 0. The predicted molar refractivity (Wildman–Crippen MR) is 70.8 cm³/mol. The van der Waals surface area contributed by atoms with Gasteiger partial charge in [0.05, 0.1) is 0 Å². The highest BCUT2D eigenvalue weighted by atomic mass is 16.2. The van der Waals surface area contributed by atoms with Gasteiger partial charge in [-0.15, -0.1) is 0 Å². The lowest BCUT2D eigenvalue weighted by atomic mass is 10.0. The molecule has 0 spiro atoms. The van der Waals surface area contributed by atoms with Gasteiger partial charge in [0.2, 0.25) is 0 Å². The van der Waals surface area contributed by atoms with Gasteiger partial charge in [-0.2, -0.15) is 0 Å². The lowest BCUT2D eigenvalue weighted by Gasteiger charge is -2.07. The maximum atomic E-state index is 11.7. The van der Waals surface area contributed by atoms with Crippen LogP contribution < -0.4 is 10.9 Å². The number of amides is 1. The molecule has 5 heteroatoms. The fourth-order valence-corrected chi connectivity index (χ4v) is 1.54. The number of rotatable bonds is 3. The summed E-state index contributed by atoms with van der Waals surface area (Å²) in [5, 5.41) is 0. The van der Waals surface area contributed by atoms with Crippen LogP contribution in [0.2, 0.25) is 0 Å². The lowest BCUT2D eigenvalue weighted by molar-refractivity contribution is -0.111. The highest BCUT2D eigenvalue weighted by Crippen LogP contribution is 2.11. The summed E-state index contributed by atoms with van der Waals surface area (Å²) in [5.74, 6) is -0.394. The SMILES string of the molecule is CC1=C/C(=C\NNC(=O)c2ccncc2)C(=O)C=C1. The molecule has 1 amide bonds. The fourth-order valence-electron chi connectivity index (χ4n) is 1.54. The van der Waals surface area contributed by atoms with E-state index in [-0.39, 0.29) is 11.7 Å². The quantitative estimate of drug-likeness (QED) is 0.630. The minimum Gasteiger partial charge on any atom is -0.305 e. The Morgan fingerprint density at radius 2 is 2.00 bits per heavy atom. The Bertz CT molecular complexity index is 586. The van der Waals surface area contributed by atoms with Crippen molar-refractivity contribution < 1.29 is 9.59 Å². The molecule has 0 atom stereocenters. The highest BCUT2D eigenvalue weighted by Gasteiger charge is 2.08. The van der Waals surface area contributed by atoms with Gasteiger partial charge < -0.3 is 5.43 Å². The molecule has 0 fully saturated rings. The molecular formula is C14H13N3O2. The van der Waals surface area contributed by atoms with Gasteiger partial charge in [-0.25, -0.2) is 0 Å². The Balaban J connectivity index is 1.95. The summed E-state index contributed by atoms with van der Waals surface area (Å²) >= 11 is 0. The molecule has 0 aromatic carbocycles. The van der Waals surface area contributed by atoms with E-state index < -0.39 is 0 Å². The van der Waals surface area contributed by atoms with Crippen LogP contribution in [0.4, 0.5) is 0 Å². The maximum Gasteiger partial charge on any atom is 0.269 e. The van der Waals surface area contributed by atoms with Gasteiger partial charge in [0.1, 0.15) is 0 Å². The lowest BCUT2D eigenvalue weighted by Crippen LogP contribution is -2.34. The number of nitrogens with one attached hydrogen (secondary N) is 2. The smallest absolute Gasteiger partial charge is 0.269 e. The van der Waals surface area contributed by atoms with Crippen LogP contribution >= 0.6 is 0 Å². The van der Waals surface area contributed by atoms with E-state index in [1.165, 1.54) is 24.7 Å². The Morgan fingerprint density at radius 3 is 2.74 bits per heavy atom. The molecule has 1 aliphatic carbocycles. The molecule has 0 bridgehead atoms. The molecule has 1 heterocycles. The fraction of sp³-hybridized carbons (Fsp3) is 0.0714. The first-order chi connectivity index (χ1) is 9.16. The average molecular weight is 255 g/mol. The molecule has 2 N–H and O–H groups in total. The number of hydrogen-bond acceptors (Lipinski definition) is 4. The minimum atomic E-state index is -0.293. The Kier molecular flexibility index (Phi) is 3.87. The molecule has 1 aromatic rings. The number of hydrogen-bond donors (Lipinski definition) is 2. The predicted octanol–water partition coefficient (Wildman–Crippen LogP) is 1.29. The van der Waals surface area contributed by atoms with E-state index in [1.54, 1.807) is 24.3 Å². The van der Waals surface area contributed by atoms with Crippen LogP contribution in [0.25, 0.3) is 0 Å². The van der Waals surface area contributed by atoms with E-state index in [1.807, 2.05) is 6.92 Å². The van der Waals surface area contributed by atoms with Crippen LogP contribution in [0, 0.1) is 0 Å². The molecule has 2 rings (SSSR count). The number of carbonyl (C=O) groups is 2. The normalized spacial score (nSPS) is 16.2. The second-order valence-corrected chi connectivity index (χ2v) is 4.02. The van der Waals surface area contributed by atoms with Crippen molar-refractivity contribution in [2.75, 3.05) is 0 Å². The van der Waals surface area contributed by atoms with Gasteiger partial charge in [-0.1, -0.05) is 11.6 Å². The summed E-state index contributed by atoms with van der Waals surface area (Å²) in [5.41, 5.74) is 7.07. The molecule has 96 valence electrons. The third kappa shape index (κ3) is 3.38. The van der Waals surface area contributed by atoms with E-state index in [2.05, 4.69) is 15.8 Å². The largest absolute Gasteiger partial charge is 0.305 e. The van der Waals surface area contributed by atoms with E-state index in [0.29, 0.717) is 11.1 Å². The first-order valence-corrected chi connectivity index (χ1v) is 5.73. The molecular weight excluding hydrogens is 242 g/mol. The molecule has 1 aliphatic rings. The van der Waals surface area contributed by atoms with Crippen molar-refractivity contribution in [2.24, 2.45) is 0 Å². The topological polar surface area (TPSA) is 71.1 Å². The summed E-state index contributed by atoms with van der Waals surface area (Å²) in [4.78, 5) is 27.0. The number of pyridine rings is 1. The second-order valence-electron chi connectivity index (χ2n) is 4.02. The van der Waals surface area contributed by atoms with E-state index >= 15 is 0 Å². The monoisotopic (exact) mass is 255 g/mol. The van der Waals surface area contributed by atoms with Gasteiger partial charge in [-0.3, -0.25) is 20.0 Å². The van der Waals surface area contributed by atoms with Crippen LogP contribution in [0.3, 0.4) is 0 Å². The summed E-state index contributed by atoms with van der Waals surface area (Å²) in [7, 11) is 0. The van der Waals surface area contributed by atoms with Crippen molar-refractivity contribution in [1.29, 1.82) is 0 Å². The third-order valence-electron chi connectivity index (χ3n) is 2.52. The minimum absolute atomic E-state index is 0.101. The molecule has 19 heavy (non-hydrogen) atoms. The summed E-state index contributed by atoms with van der Waals surface area (Å²) in [6.07, 6.45) is 9.52. The Morgan fingerprint density at radius 1 is 1.26 bits per heavy atom. The zero-order valence-electron chi connectivity index (χ0n) is 10.4. The molecule has 5 nitrogen and oxygen atoms in total. The molecule has 0 radical (unpaired) electrons. The van der Waals surface area contributed by atoms with Gasteiger partial charge in [0.15, 0.2) is 5.78 Å².